The van der Waals surface area contributed by atoms with E-state index >= 15 is 4.39 Å². The molecule has 3 aliphatic heterocycles. The number of rotatable bonds is 4. The molecule has 12 heteroatoms. The Morgan fingerprint density at radius 1 is 1.18 bits per heavy atom. The van der Waals surface area contributed by atoms with Gasteiger partial charge in [0.05, 0.1) is 11.7 Å². The summed E-state index contributed by atoms with van der Waals surface area (Å²) in [6.45, 7) is 8.13. The first kappa shape index (κ1) is 27.3. The number of benzene rings is 1. The second kappa shape index (κ2) is 10.7. The van der Waals surface area contributed by atoms with Crippen LogP contribution in [0.15, 0.2) is 30.9 Å². The number of aromatic nitrogens is 1. The fourth-order valence-corrected chi connectivity index (χ4v) is 5.86. The summed E-state index contributed by atoms with van der Waals surface area (Å²) in [7, 11) is 1.98. The lowest BCUT2D eigenvalue weighted by Gasteiger charge is -2.41. The summed E-state index contributed by atoms with van der Waals surface area (Å²) < 4.78 is 49.3. The quantitative estimate of drug-likeness (QED) is 0.527. The van der Waals surface area contributed by atoms with Gasteiger partial charge in [-0.15, -0.1) is 0 Å². The zero-order valence-corrected chi connectivity index (χ0v) is 22.4. The van der Waals surface area contributed by atoms with Gasteiger partial charge < -0.3 is 24.3 Å². The summed E-state index contributed by atoms with van der Waals surface area (Å²) in [4.78, 5) is 38.2. The third-order valence-corrected chi connectivity index (χ3v) is 7.91. The third kappa shape index (κ3) is 4.82. The molecule has 5 rings (SSSR count). The fourth-order valence-electron chi connectivity index (χ4n) is 5.58. The Hall–Kier alpha value is -3.31. The van der Waals surface area contributed by atoms with E-state index in [9.17, 15) is 18.4 Å². The molecular formula is C27H29ClF3N5O3. The monoisotopic (exact) mass is 563 g/mol. The van der Waals surface area contributed by atoms with E-state index in [1.54, 1.807) is 9.80 Å². The summed E-state index contributed by atoms with van der Waals surface area (Å²) >= 11 is 6.74. The number of hydrogen-bond acceptors (Lipinski definition) is 6. The molecule has 2 fully saturated rings. The summed E-state index contributed by atoms with van der Waals surface area (Å²) in [6.07, 6.45) is -1.76. The lowest BCUT2D eigenvalue weighted by molar-refractivity contribution is -0.128. The van der Waals surface area contributed by atoms with Crippen LogP contribution < -0.4 is 9.64 Å². The van der Waals surface area contributed by atoms with Crippen molar-refractivity contribution in [1.29, 1.82) is 0 Å². The van der Waals surface area contributed by atoms with Gasteiger partial charge in [-0.05, 0) is 26.1 Å². The average Bonchev–Trinajstić information content (AvgIpc) is 3.05. The Balaban J connectivity index is 1.69. The van der Waals surface area contributed by atoms with Crippen LogP contribution in [0.3, 0.4) is 0 Å². The number of fused-ring (bicyclic) bond motifs is 2. The molecule has 0 saturated carbocycles. The van der Waals surface area contributed by atoms with Crippen LogP contribution in [0.2, 0.25) is 5.02 Å². The van der Waals surface area contributed by atoms with Crippen LogP contribution in [0.25, 0.3) is 11.3 Å². The van der Waals surface area contributed by atoms with Crippen molar-refractivity contribution in [3.8, 4) is 17.0 Å². The topological polar surface area (TPSA) is 69.2 Å². The molecular weight excluding hydrogens is 535 g/mol. The van der Waals surface area contributed by atoms with E-state index in [0.717, 1.165) is 12.1 Å². The van der Waals surface area contributed by atoms with Gasteiger partial charge in [-0.3, -0.25) is 9.59 Å². The number of hydrogen-bond donors (Lipinski definition) is 0. The minimum Gasteiger partial charge on any atom is -0.489 e. The number of alkyl halides is 2. The van der Waals surface area contributed by atoms with Crippen molar-refractivity contribution in [2.45, 2.75) is 25.4 Å². The van der Waals surface area contributed by atoms with Crippen LogP contribution in [-0.2, 0) is 4.79 Å². The Labute approximate surface area is 229 Å². The number of ether oxygens (including phenoxy) is 1. The SMILES string of the molecule is C=CC(=O)N1CCN2C(=O)c3c(N4CCN(C)C[C@@H]4C)nc(-c4c(F)cccc4C(F)F)c(Cl)c3OC[C@H]2C1. The van der Waals surface area contributed by atoms with E-state index in [0.29, 0.717) is 26.2 Å². The number of amides is 2. The minimum absolute atomic E-state index is 0.000453. The van der Waals surface area contributed by atoms with E-state index in [2.05, 4.69) is 16.5 Å². The number of anilines is 1. The van der Waals surface area contributed by atoms with Gasteiger partial charge in [-0.25, -0.2) is 18.2 Å². The molecule has 2 aromatic rings. The molecule has 0 radical (unpaired) electrons. The van der Waals surface area contributed by atoms with E-state index in [4.69, 9.17) is 16.3 Å². The molecule has 208 valence electrons. The molecule has 4 heterocycles. The molecule has 1 aromatic heterocycles. The number of carbonyl (C=O) groups is 2. The lowest BCUT2D eigenvalue weighted by Crippen LogP contribution is -2.57. The number of pyridine rings is 1. The Bertz CT molecular complexity index is 1330. The van der Waals surface area contributed by atoms with E-state index in [1.165, 1.54) is 12.1 Å². The van der Waals surface area contributed by atoms with Crippen LogP contribution in [0, 0.1) is 5.82 Å². The Morgan fingerprint density at radius 2 is 1.92 bits per heavy atom. The van der Waals surface area contributed by atoms with Gasteiger partial charge in [0.1, 0.15) is 28.8 Å². The highest BCUT2D eigenvalue weighted by atomic mass is 35.5. The van der Waals surface area contributed by atoms with Gasteiger partial charge in [-0.1, -0.05) is 30.3 Å². The third-order valence-electron chi connectivity index (χ3n) is 7.56. The Morgan fingerprint density at radius 3 is 2.62 bits per heavy atom. The Kier molecular flexibility index (Phi) is 7.47. The van der Waals surface area contributed by atoms with E-state index < -0.39 is 29.4 Å². The lowest BCUT2D eigenvalue weighted by atomic mass is 10.0. The highest BCUT2D eigenvalue weighted by molar-refractivity contribution is 6.35. The maximum Gasteiger partial charge on any atom is 0.264 e. The van der Waals surface area contributed by atoms with Gasteiger partial charge >= 0.3 is 0 Å². The highest BCUT2D eigenvalue weighted by Gasteiger charge is 2.41. The van der Waals surface area contributed by atoms with Crippen molar-refractivity contribution in [3.63, 3.8) is 0 Å². The van der Waals surface area contributed by atoms with E-state index in [1.807, 2.05) is 18.9 Å². The largest absolute Gasteiger partial charge is 0.489 e. The molecule has 2 atom stereocenters. The van der Waals surface area contributed by atoms with Crippen LogP contribution in [0.5, 0.6) is 5.75 Å². The molecule has 2 amide bonds. The smallest absolute Gasteiger partial charge is 0.264 e. The molecule has 0 N–H and O–H groups in total. The van der Waals surface area contributed by atoms with E-state index in [-0.39, 0.29) is 65.4 Å². The molecule has 0 spiro atoms. The predicted octanol–water partition coefficient (Wildman–Crippen LogP) is 3.85. The maximum atomic E-state index is 15.1. The summed E-state index contributed by atoms with van der Waals surface area (Å²) in [6, 6.07) is 2.82. The molecule has 0 unspecified atom stereocenters. The first-order valence-corrected chi connectivity index (χ1v) is 13.1. The van der Waals surface area contributed by atoms with Crippen molar-refractivity contribution in [3.05, 3.63) is 52.8 Å². The van der Waals surface area contributed by atoms with Crippen LogP contribution in [-0.4, -0.2) is 96.5 Å². The number of nitrogens with zero attached hydrogens (tertiary/aromatic N) is 5. The second-order valence-electron chi connectivity index (χ2n) is 10.1. The van der Waals surface area contributed by atoms with Crippen LogP contribution in [0.1, 0.15) is 29.3 Å². The van der Waals surface area contributed by atoms with Gasteiger partial charge in [-0.2, -0.15) is 0 Å². The summed E-state index contributed by atoms with van der Waals surface area (Å²) in [5.74, 6) is -1.36. The fraction of sp³-hybridized carbons (Fsp3) is 0.444. The first-order valence-electron chi connectivity index (χ1n) is 12.7. The van der Waals surface area contributed by atoms with Crippen molar-refractivity contribution in [2.75, 3.05) is 57.8 Å². The molecule has 2 saturated heterocycles. The molecule has 1 aromatic carbocycles. The van der Waals surface area contributed by atoms with Gasteiger partial charge in [0.25, 0.3) is 12.3 Å². The second-order valence-corrected chi connectivity index (χ2v) is 10.4. The van der Waals surface area contributed by atoms with Gasteiger partial charge in [0.15, 0.2) is 5.75 Å². The molecule has 39 heavy (non-hydrogen) atoms. The van der Waals surface area contributed by atoms with Gasteiger partial charge in [0, 0.05) is 56.4 Å². The van der Waals surface area contributed by atoms with Crippen molar-refractivity contribution >= 4 is 29.2 Å². The average molecular weight is 564 g/mol. The molecule has 0 bridgehead atoms. The standard InChI is InChI=1S/C27H29ClF3N5O3/c1-4-19(37)34-9-11-36-16(13-34)14-39-24-21(27(36)38)26(35-10-8-33(3)12-15(35)2)32-23(22(24)28)20-17(25(30)31)6-5-7-18(20)29/h4-7,15-16,25H,1,8-14H2,2-3H3/t15-,16+/m0/s1. The highest BCUT2D eigenvalue weighted by Crippen LogP contribution is 2.46. The minimum atomic E-state index is -2.98. The van der Waals surface area contributed by atoms with Crippen molar-refractivity contribution < 1.29 is 27.5 Å². The van der Waals surface area contributed by atoms with Crippen molar-refractivity contribution in [2.24, 2.45) is 0 Å². The number of halogens is 4. The number of carbonyl (C=O) groups excluding carboxylic acids is 2. The number of piperazine rings is 2. The summed E-state index contributed by atoms with van der Waals surface area (Å²) in [5.41, 5.74) is -1.08. The zero-order valence-electron chi connectivity index (χ0n) is 21.7. The number of likely N-dealkylation sites (N-methyl/N-ethyl adjacent to an activating group) is 1. The first-order chi connectivity index (χ1) is 18.6. The van der Waals surface area contributed by atoms with Crippen molar-refractivity contribution in [1.82, 2.24) is 19.7 Å². The molecule has 0 aliphatic carbocycles. The summed E-state index contributed by atoms with van der Waals surface area (Å²) in [5, 5.41) is -0.213. The van der Waals surface area contributed by atoms with Crippen LogP contribution >= 0.6 is 11.6 Å². The predicted molar refractivity (Wildman–Crippen MR) is 141 cm³/mol. The zero-order chi connectivity index (χ0) is 28.0. The maximum absolute atomic E-state index is 15.1. The molecule has 8 nitrogen and oxygen atoms in total. The van der Waals surface area contributed by atoms with Crippen LogP contribution in [0.4, 0.5) is 19.0 Å². The van der Waals surface area contributed by atoms with Gasteiger partial charge in [0.2, 0.25) is 5.91 Å². The normalized spacial score (nSPS) is 21.8. The molecule has 3 aliphatic rings.